The van der Waals surface area contributed by atoms with Crippen LogP contribution in [0.25, 0.3) is 17.1 Å². The lowest BCUT2D eigenvalue weighted by Crippen LogP contribution is -2.47. The van der Waals surface area contributed by atoms with Crippen LogP contribution in [0.4, 0.5) is 14.7 Å². The molecule has 4 aromatic rings. The number of nitrogens with zero attached hydrogens (tertiary/aromatic N) is 7. The fourth-order valence-corrected chi connectivity index (χ4v) is 4.17. The summed E-state index contributed by atoms with van der Waals surface area (Å²) in [5.41, 5.74) is 0.953. The SMILES string of the molecule is Fc1ccc(-n2c(-c3ccccc3)nn(CN3CCN(c4ncccn4)CC3)c2=S)c(F)c1. The van der Waals surface area contributed by atoms with Crippen LogP contribution in [0.2, 0.25) is 0 Å². The van der Waals surface area contributed by atoms with Gasteiger partial charge in [0.2, 0.25) is 10.7 Å². The molecule has 0 amide bonds. The highest BCUT2D eigenvalue weighted by Gasteiger charge is 2.22. The van der Waals surface area contributed by atoms with Crippen LogP contribution in [-0.2, 0) is 6.67 Å². The van der Waals surface area contributed by atoms with Crippen LogP contribution in [0, 0.1) is 16.4 Å². The fourth-order valence-electron chi connectivity index (χ4n) is 3.89. The van der Waals surface area contributed by atoms with E-state index in [9.17, 15) is 8.78 Å². The van der Waals surface area contributed by atoms with Crippen molar-refractivity contribution in [2.75, 3.05) is 31.1 Å². The third kappa shape index (κ3) is 4.39. The van der Waals surface area contributed by atoms with Gasteiger partial charge in [0.25, 0.3) is 0 Å². The van der Waals surface area contributed by atoms with Crippen molar-refractivity contribution in [1.29, 1.82) is 0 Å². The molecule has 0 saturated carbocycles. The molecule has 2 aromatic heterocycles. The summed E-state index contributed by atoms with van der Waals surface area (Å²) in [6.07, 6.45) is 3.47. The fraction of sp³-hybridized carbons (Fsp3) is 0.217. The average Bonchev–Trinajstić information content (AvgIpc) is 3.16. The van der Waals surface area contributed by atoms with E-state index in [2.05, 4.69) is 19.8 Å². The summed E-state index contributed by atoms with van der Waals surface area (Å²) in [6, 6.07) is 14.7. The molecule has 0 radical (unpaired) electrons. The van der Waals surface area contributed by atoms with Crippen molar-refractivity contribution in [2.45, 2.75) is 6.67 Å². The van der Waals surface area contributed by atoms with Crippen LogP contribution in [0.5, 0.6) is 0 Å². The number of benzene rings is 2. The van der Waals surface area contributed by atoms with E-state index in [1.54, 1.807) is 27.7 Å². The molecular weight excluding hydrogens is 444 g/mol. The van der Waals surface area contributed by atoms with E-state index < -0.39 is 11.6 Å². The smallest absolute Gasteiger partial charge is 0.225 e. The Labute approximate surface area is 194 Å². The topological polar surface area (TPSA) is 55.0 Å². The van der Waals surface area contributed by atoms with Crippen LogP contribution in [0.3, 0.4) is 0 Å². The lowest BCUT2D eigenvalue weighted by molar-refractivity contribution is 0.193. The second kappa shape index (κ2) is 9.16. The average molecular weight is 466 g/mol. The van der Waals surface area contributed by atoms with E-state index in [0.717, 1.165) is 43.8 Å². The number of rotatable bonds is 5. The monoisotopic (exact) mass is 465 g/mol. The van der Waals surface area contributed by atoms with Gasteiger partial charge in [0.15, 0.2) is 5.82 Å². The Balaban J connectivity index is 1.44. The van der Waals surface area contributed by atoms with Crippen molar-refractivity contribution in [3.63, 3.8) is 0 Å². The largest absolute Gasteiger partial charge is 0.338 e. The Morgan fingerprint density at radius 3 is 2.30 bits per heavy atom. The number of piperazine rings is 1. The maximum atomic E-state index is 14.7. The Morgan fingerprint density at radius 2 is 1.61 bits per heavy atom. The molecule has 2 aromatic carbocycles. The first-order valence-electron chi connectivity index (χ1n) is 10.6. The zero-order valence-corrected chi connectivity index (χ0v) is 18.5. The maximum Gasteiger partial charge on any atom is 0.225 e. The van der Waals surface area contributed by atoms with Crippen molar-refractivity contribution >= 4 is 18.2 Å². The molecule has 1 saturated heterocycles. The van der Waals surface area contributed by atoms with Crippen LogP contribution >= 0.6 is 12.2 Å². The van der Waals surface area contributed by atoms with Gasteiger partial charge in [0.05, 0.1) is 12.4 Å². The van der Waals surface area contributed by atoms with Gasteiger partial charge < -0.3 is 4.90 Å². The van der Waals surface area contributed by atoms with Gasteiger partial charge in [-0.3, -0.25) is 9.47 Å². The Hall–Kier alpha value is -3.50. The van der Waals surface area contributed by atoms with Crippen molar-refractivity contribution in [1.82, 2.24) is 29.2 Å². The molecule has 33 heavy (non-hydrogen) atoms. The van der Waals surface area contributed by atoms with E-state index in [1.165, 1.54) is 12.1 Å². The quantitative estimate of drug-likeness (QED) is 0.417. The Kier molecular flexibility index (Phi) is 5.93. The highest BCUT2D eigenvalue weighted by Crippen LogP contribution is 2.25. The minimum Gasteiger partial charge on any atom is -0.338 e. The third-order valence-electron chi connectivity index (χ3n) is 5.56. The van der Waals surface area contributed by atoms with E-state index >= 15 is 0 Å². The Bertz CT molecular complexity index is 1300. The van der Waals surface area contributed by atoms with E-state index in [4.69, 9.17) is 17.3 Å². The highest BCUT2D eigenvalue weighted by molar-refractivity contribution is 7.71. The van der Waals surface area contributed by atoms with E-state index in [-0.39, 0.29) is 5.69 Å². The van der Waals surface area contributed by atoms with Crippen LogP contribution in [0.15, 0.2) is 67.0 Å². The minimum absolute atomic E-state index is 0.164. The standard InChI is InChI=1S/C23H21F2N7S/c24-18-7-8-20(19(25)15-18)32-21(17-5-2-1-3-6-17)28-31(23(32)33)16-29-11-13-30(14-12-29)22-26-9-4-10-27-22/h1-10,15H,11-14,16H2. The molecule has 5 rings (SSSR count). The molecule has 0 bridgehead atoms. The highest BCUT2D eigenvalue weighted by atomic mass is 32.1. The molecule has 0 atom stereocenters. The summed E-state index contributed by atoms with van der Waals surface area (Å²) in [7, 11) is 0. The zero-order valence-electron chi connectivity index (χ0n) is 17.7. The molecule has 1 fully saturated rings. The van der Waals surface area contributed by atoms with Gasteiger partial charge in [-0.15, -0.1) is 5.10 Å². The first kappa shape index (κ1) is 21.4. The molecule has 0 N–H and O–H groups in total. The summed E-state index contributed by atoms with van der Waals surface area (Å²) in [5.74, 6) is -0.116. The summed E-state index contributed by atoms with van der Waals surface area (Å²) < 4.78 is 31.8. The predicted molar refractivity (Wildman–Crippen MR) is 124 cm³/mol. The van der Waals surface area contributed by atoms with Crippen molar-refractivity contribution in [2.24, 2.45) is 0 Å². The lowest BCUT2D eigenvalue weighted by Gasteiger charge is -2.34. The molecule has 10 heteroatoms. The van der Waals surface area contributed by atoms with Gasteiger partial charge in [0, 0.05) is 50.2 Å². The van der Waals surface area contributed by atoms with Crippen molar-refractivity contribution in [3.05, 3.63) is 83.4 Å². The predicted octanol–water partition coefficient (Wildman–Crippen LogP) is 3.92. The number of hydrogen-bond acceptors (Lipinski definition) is 6. The number of hydrogen-bond donors (Lipinski definition) is 0. The van der Waals surface area contributed by atoms with E-state index in [0.29, 0.717) is 17.3 Å². The number of aromatic nitrogens is 5. The first-order valence-corrected chi connectivity index (χ1v) is 11.0. The second-order valence-corrected chi connectivity index (χ2v) is 8.06. The summed E-state index contributed by atoms with van der Waals surface area (Å²) >= 11 is 5.70. The second-order valence-electron chi connectivity index (χ2n) is 7.70. The van der Waals surface area contributed by atoms with Gasteiger partial charge in [-0.2, -0.15) is 0 Å². The lowest BCUT2D eigenvalue weighted by atomic mass is 10.2. The number of halogens is 2. The summed E-state index contributed by atoms with van der Waals surface area (Å²) in [4.78, 5) is 13.0. The van der Waals surface area contributed by atoms with Crippen LogP contribution in [-0.4, -0.2) is 55.4 Å². The molecule has 0 unspecified atom stereocenters. The molecule has 0 aliphatic carbocycles. The van der Waals surface area contributed by atoms with Crippen LogP contribution in [0.1, 0.15) is 0 Å². The van der Waals surface area contributed by atoms with Crippen molar-refractivity contribution < 1.29 is 8.78 Å². The van der Waals surface area contributed by atoms with Gasteiger partial charge >= 0.3 is 0 Å². The van der Waals surface area contributed by atoms with Gasteiger partial charge in [-0.1, -0.05) is 30.3 Å². The zero-order chi connectivity index (χ0) is 22.8. The van der Waals surface area contributed by atoms with Crippen molar-refractivity contribution in [3.8, 4) is 17.1 Å². The van der Waals surface area contributed by atoms with Gasteiger partial charge in [-0.25, -0.2) is 23.4 Å². The normalized spacial score (nSPS) is 14.5. The van der Waals surface area contributed by atoms with Crippen LogP contribution < -0.4 is 4.90 Å². The summed E-state index contributed by atoms with van der Waals surface area (Å²) in [5, 5.41) is 4.73. The third-order valence-corrected chi connectivity index (χ3v) is 5.96. The molecule has 1 aliphatic rings. The van der Waals surface area contributed by atoms with Gasteiger partial charge in [-0.05, 0) is 30.4 Å². The molecule has 0 spiro atoms. The molecule has 7 nitrogen and oxygen atoms in total. The molecular formula is C23H21F2N7S. The molecule has 3 heterocycles. The first-order chi connectivity index (χ1) is 16.1. The minimum atomic E-state index is -0.695. The number of anilines is 1. The summed E-state index contributed by atoms with van der Waals surface area (Å²) in [6.45, 7) is 3.56. The van der Waals surface area contributed by atoms with Gasteiger partial charge in [0.1, 0.15) is 11.6 Å². The molecule has 168 valence electrons. The molecule has 1 aliphatic heterocycles. The maximum absolute atomic E-state index is 14.7. The van der Waals surface area contributed by atoms with E-state index in [1.807, 2.05) is 30.3 Å². The Morgan fingerprint density at radius 1 is 0.879 bits per heavy atom.